The molecule has 3 aromatic rings. The highest BCUT2D eigenvalue weighted by Crippen LogP contribution is 2.26. The van der Waals surface area contributed by atoms with Crippen LogP contribution < -0.4 is 5.32 Å². The van der Waals surface area contributed by atoms with Crippen LogP contribution in [0.1, 0.15) is 0 Å². The predicted octanol–water partition coefficient (Wildman–Crippen LogP) is 4.87. The topological polar surface area (TPSA) is 42.0 Å². The van der Waals surface area contributed by atoms with Gasteiger partial charge in [-0.15, -0.1) is 11.8 Å². The predicted molar refractivity (Wildman–Crippen MR) is 95.2 cm³/mol. The van der Waals surface area contributed by atoms with E-state index >= 15 is 0 Å². The lowest BCUT2D eigenvalue weighted by molar-refractivity contribution is -0.113. The monoisotopic (exact) mass is 390 g/mol. The van der Waals surface area contributed by atoms with E-state index in [1.165, 1.54) is 23.9 Å². The van der Waals surface area contributed by atoms with E-state index in [1.807, 2.05) is 30.3 Å². The molecule has 116 valence electrons. The first-order valence-corrected chi connectivity index (χ1v) is 8.63. The third kappa shape index (κ3) is 3.89. The Morgan fingerprint density at radius 2 is 2.04 bits per heavy atom. The van der Waals surface area contributed by atoms with E-state index in [4.69, 9.17) is 0 Å². The number of hydrogen-bond acceptors (Lipinski definition) is 3. The number of benzene rings is 2. The number of anilines is 1. The minimum atomic E-state index is -0.468. The molecule has 0 saturated heterocycles. The van der Waals surface area contributed by atoms with E-state index in [0.717, 1.165) is 15.8 Å². The molecule has 0 radical (unpaired) electrons. The Balaban J connectivity index is 1.69. The summed E-state index contributed by atoms with van der Waals surface area (Å²) in [4.78, 5) is 17.3. The van der Waals surface area contributed by atoms with Crippen LogP contribution in [0.25, 0.3) is 10.9 Å². The highest BCUT2D eigenvalue weighted by molar-refractivity contribution is 9.10. The fourth-order valence-electron chi connectivity index (χ4n) is 2.11. The summed E-state index contributed by atoms with van der Waals surface area (Å²) < 4.78 is 14.3. The maximum atomic E-state index is 13.7. The highest BCUT2D eigenvalue weighted by Gasteiger charge is 2.09. The summed E-state index contributed by atoms with van der Waals surface area (Å²) in [5.74, 6) is -0.542. The minimum absolute atomic E-state index is 0.176. The minimum Gasteiger partial charge on any atom is -0.323 e. The molecular weight excluding hydrogens is 379 g/mol. The molecule has 0 fully saturated rings. The normalized spacial score (nSPS) is 10.7. The van der Waals surface area contributed by atoms with Gasteiger partial charge in [-0.1, -0.05) is 34.1 Å². The molecule has 0 bridgehead atoms. The van der Waals surface area contributed by atoms with Crippen molar-refractivity contribution >= 4 is 50.2 Å². The molecule has 0 unspecified atom stereocenters. The van der Waals surface area contributed by atoms with Crippen LogP contribution in [-0.4, -0.2) is 16.6 Å². The second-order valence-electron chi connectivity index (χ2n) is 4.79. The lowest BCUT2D eigenvalue weighted by Crippen LogP contribution is -2.15. The summed E-state index contributed by atoms with van der Waals surface area (Å²) in [6.07, 6.45) is 1.73. The number of hydrogen-bond donors (Lipinski definition) is 1. The molecule has 0 atom stereocenters. The molecule has 1 heterocycles. The van der Waals surface area contributed by atoms with Gasteiger partial charge >= 0.3 is 0 Å². The molecule has 3 nitrogen and oxygen atoms in total. The number of pyridine rings is 1. The van der Waals surface area contributed by atoms with Gasteiger partial charge in [0.05, 0.1) is 17.0 Å². The molecule has 0 aliphatic carbocycles. The van der Waals surface area contributed by atoms with Crippen molar-refractivity contribution in [1.29, 1.82) is 0 Å². The summed E-state index contributed by atoms with van der Waals surface area (Å²) in [6, 6.07) is 14.2. The smallest absolute Gasteiger partial charge is 0.234 e. The highest BCUT2D eigenvalue weighted by atomic mass is 79.9. The maximum Gasteiger partial charge on any atom is 0.234 e. The number of amides is 1. The van der Waals surface area contributed by atoms with Gasteiger partial charge in [0.2, 0.25) is 5.91 Å². The summed E-state index contributed by atoms with van der Waals surface area (Å²) in [5, 5.41) is 3.60. The van der Waals surface area contributed by atoms with Crippen molar-refractivity contribution in [3.8, 4) is 0 Å². The van der Waals surface area contributed by atoms with Gasteiger partial charge < -0.3 is 5.32 Å². The maximum absolute atomic E-state index is 13.7. The van der Waals surface area contributed by atoms with Crippen LogP contribution >= 0.6 is 27.7 Å². The number of nitrogens with zero attached hydrogens (tertiary/aromatic N) is 1. The first-order valence-electron chi connectivity index (χ1n) is 6.85. The van der Waals surface area contributed by atoms with Gasteiger partial charge in [0, 0.05) is 21.0 Å². The number of fused-ring (bicyclic) bond motifs is 1. The van der Waals surface area contributed by atoms with E-state index in [2.05, 4.69) is 26.2 Å². The Labute approximate surface area is 145 Å². The van der Waals surface area contributed by atoms with Crippen LogP contribution in [0.2, 0.25) is 0 Å². The number of thioether (sulfide) groups is 1. The van der Waals surface area contributed by atoms with E-state index in [1.54, 1.807) is 12.3 Å². The molecule has 1 N–H and O–H groups in total. The summed E-state index contributed by atoms with van der Waals surface area (Å²) in [6.45, 7) is 0. The number of nitrogens with one attached hydrogen (secondary N) is 1. The van der Waals surface area contributed by atoms with Gasteiger partial charge in [-0.25, -0.2) is 4.39 Å². The van der Waals surface area contributed by atoms with E-state index in [9.17, 15) is 9.18 Å². The van der Waals surface area contributed by atoms with Crippen LogP contribution in [0, 0.1) is 5.82 Å². The van der Waals surface area contributed by atoms with Gasteiger partial charge in [-0.2, -0.15) is 0 Å². The van der Waals surface area contributed by atoms with Gasteiger partial charge in [0.25, 0.3) is 0 Å². The Morgan fingerprint density at radius 1 is 1.22 bits per heavy atom. The molecule has 3 rings (SSSR count). The van der Waals surface area contributed by atoms with E-state index < -0.39 is 5.82 Å². The average molecular weight is 391 g/mol. The van der Waals surface area contributed by atoms with Crippen molar-refractivity contribution in [2.24, 2.45) is 0 Å². The zero-order valence-electron chi connectivity index (χ0n) is 11.9. The fraction of sp³-hybridized carbons (Fsp3) is 0.0588. The summed E-state index contributed by atoms with van der Waals surface area (Å²) in [5.41, 5.74) is 1.04. The zero-order chi connectivity index (χ0) is 16.2. The Kier molecular flexibility index (Phi) is 4.93. The lowest BCUT2D eigenvalue weighted by Gasteiger charge is -2.08. The van der Waals surface area contributed by atoms with Crippen LogP contribution in [0.15, 0.2) is 64.1 Å². The number of aromatic nitrogens is 1. The molecular formula is C17H12BrFN2OS. The third-order valence-corrected chi connectivity index (χ3v) is 4.70. The molecule has 0 aliphatic rings. The number of carbonyl (C=O) groups excluding carboxylic acids is 1. The molecule has 0 aliphatic heterocycles. The van der Waals surface area contributed by atoms with Crippen molar-refractivity contribution in [2.75, 3.05) is 11.1 Å². The zero-order valence-corrected chi connectivity index (χ0v) is 14.3. The molecule has 2 aromatic carbocycles. The van der Waals surface area contributed by atoms with E-state index in [0.29, 0.717) is 4.47 Å². The second kappa shape index (κ2) is 7.10. The standard InChI is InChI=1S/C17H12BrFN2OS/c18-12-6-7-14(13(19)9-12)21-16(22)10-23-15-5-1-3-11-4-2-8-20-17(11)15/h1-9H,10H2,(H,21,22). The summed E-state index contributed by atoms with van der Waals surface area (Å²) in [7, 11) is 0. The third-order valence-electron chi connectivity index (χ3n) is 3.16. The van der Waals surface area contributed by atoms with Crippen LogP contribution in [0.4, 0.5) is 10.1 Å². The molecule has 0 spiro atoms. The lowest BCUT2D eigenvalue weighted by atomic mass is 10.2. The van der Waals surface area contributed by atoms with Crippen LogP contribution in [0.3, 0.4) is 0 Å². The quantitative estimate of drug-likeness (QED) is 0.646. The van der Waals surface area contributed by atoms with Crippen molar-refractivity contribution < 1.29 is 9.18 Å². The largest absolute Gasteiger partial charge is 0.323 e. The number of halogens is 2. The molecule has 1 aromatic heterocycles. The number of carbonyl (C=O) groups is 1. The Hall–Kier alpha value is -1.92. The Morgan fingerprint density at radius 3 is 2.87 bits per heavy atom. The Bertz CT molecular complexity index is 867. The van der Waals surface area contributed by atoms with Gasteiger partial charge in [0.15, 0.2) is 0 Å². The average Bonchev–Trinajstić information content (AvgIpc) is 2.55. The van der Waals surface area contributed by atoms with Crippen molar-refractivity contribution in [2.45, 2.75) is 4.90 Å². The second-order valence-corrected chi connectivity index (χ2v) is 6.73. The van der Waals surface area contributed by atoms with Gasteiger partial charge in [0.1, 0.15) is 5.82 Å². The first kappa shape index (κ1) is 16.0. The van der Waals surface area contributed by atoms with Gasteiger partial charge in [-0.3, -0.25) is 9.78 Å². The van der Waals surface area contributed by atoms with Crippen molar-refractivity contribution in [3.05, 3.63) is 65.0 Å². The van der Waals surface area contributed by atoms with Crippen molar-refractivity contribution in [3.63, 3.8) is 0 Å². The number of para-hydroxylation sites is 1. The molecule has 23 heavy (non-hydrogen) atoms. The number of rotatable bonds is 4. The van der Waals surface area contributed by atoms with Crippen LogP contribution in [0.5, 0.6) is 0 Å². The van der Waals surface area contributed by atoms with Gasteiger partial charge in [-0.05, 0) is 30.3 Å². The molecule has 0 saturated carbocycles. The SMILES string of the molecule is O=C(CSc1cccc2cccnc12)Nc1ccc(Br)cc1F. The van der Waals surface area contributed by atoms with Crippen LogP contribution in [-0.2, 0) is 4.79 Å². The first-order chi connectivity index (χ1) is 11.1. The van der Waals surface area contributed by atoms with Crippen molar-refractivity contribution in [1.82, 2.24) is 4.98 Å². The fourth-order valence-corrected chi connectivity index (χ4v) is 3.29. The molecule has 6 heteroatoms. The molecule has 1 amide bonds. The summed E-state index contributed by atoms with van der Waals surface area (Å²) >= 11 is 4.56. The van der Waals surface area contributed by atoms with E-state index in [-0.39, 0.29) is 17.3 Å².